The van der Waals surface area contributed by atoms with Crippen LogP contribution in [0.15, 0.2) is 23.1 Å². The van der Waals surface area contributed by atoms with Gasteiger partial charge in [0.05, 0.1) is 0 Å². The maximum atomic E-state index is 13.3. The average Bonchev–Trinajstić information content (AvgIpc) is 2.25. The highest BCUT2D eigenvalue weighted by atomic mass is 35.5. The van der Waals surface area contributed by atoms with E-state index in [2.05, 4.69) is 0 Å². The van der Waals surface area contributed by atoms with Crippen LogP contribution in [0.5, 0.6) is 0 Å². The zero-order valence-electron chi connectivity index (χ0n) is 8.80. The molecule has 0 aliphatic heterocycles. The van der Waals surface area contributed by atoms with Gasteiger partial charge in [-0.2, -0.15) is 0 Å². The second-order valence-electron chi connectivity index (χ2n) is 3.28. The molecule has 0 saturated carbocycles. The van der Waals surface area contributed by atoms with Gasteiger partial charge in [-0.3, -0.25) is 0 Å². The fraction of sp³-hybridized carbons (Fsp3) is 0.222. The number of rotatable bonds is 5. The summed E-state index contributed by atoms with van der Waals surface area (Å²) in [6, 6.07) is 2.92. The fourth-order valence-electron chi connectivity index (χ4n) is 1.05. The molecule has 0 heterocycles. The van der Waals surface area contributed by atoms with Crippen molar-refractivity contribution in [1.29, 1.82) is 0 Å². The molecule has 1 atom stereocenters. The SMILES string of the molecule is O=C(O)C(O)CNS(=O)(=O)c1ccc(Cl)cc1F. The molecule has 100 valence electrons. The summed E-state index contributed by atoms with van der Waals surface area (Å²) >= 11 is 5.46. The van der Waals surface area contributed by atoms with Gasteiger partial charge in [0.1, 0.15) is 10.7 Å². The summed E-state index contributed by atoms with van der Waals surface area (Å²) in [5, 5.41) is 17.3. The smallest absolute Gasteiger partial charge is 0.333 e. The van der Waals surface area contributed by atoms with Crippen LogP contribution in [-0.4, -0.2) is 37.2 Å². The average molecular weight is 298 g/mol. The first kappa shape index (κ1) is 14.8. The molecule has 1 aromatic carbocycles. The minimum Gasteiger partial charge on any atom is -0.479 e. The normalized spacial score (nSPS) is 13.3. The number of sulfonamides is 1. The Labute approximate surface area is 107 Å². The maximum absolute atomic E-state index is 13.3. The molecule has 0 aromatic heterocycles. The summed E-state index contributed by atoms with van der Waals surface area (Å²) in [5.41, 5.74) is 0. The lowest BCUT2D eigenvalue weighted by molar-refractivity contribution is -0.146. The van der Waals surface area contributed by atoms with E-state index in [4.69, 9.17) is 21.8 Å². The first-order chi connectivity index (χ1) is 8.24. The Morgan fingerprint density at radius 1 is 1.50 bits per heavy atom. The number of halogens is 2. The summed E-state index contributed by atoms with van der Waals surface area (Å²) in [5.74, 6) is -2.66. The van der Waals surface area contributed by atoms with Gasteiger partial charge in [0, 0.05) is 11.6 Å². The lowest BCUT2D eigenvalue weighted by atomic mass is 10.3. The van der Waals surface area contributed by atoms with Gasteiger partial charge in [-0.25, -0.2) is 22.3 Å². The molecule has 1 aromatic rings. The molecular weight excluding hydrogens is 289 g/mol. The Morgan fingerprint density at radius 3 is 2.61 bits per heavy atom. The van der Waals surface area contributed by atoms with Crippen LogP contribution < -0.4 is 4.72 Å². The number of aliphatic hydroxyl groups is 1. The zero-order chi connectivity index (χ0) is 13.9. The van der Waals surface area contributed by atoms with Crippen LogP contribution in [0.1, 0.15) is 0 Å². The molecule has 1 unspecified atom stereocenters. The molecule has 0 amide bonds. The largest absolute Gasteiger partial charge is 0.479 e. The van der Waals surface area contributed by atoms with Crippen LogP contribution in [-0.2, 0) is 14.8 Å². The van der Waals surface area contributed by atoms with Crippen LogP contribution in [0.4, 0.5) is 4.39 Å². The highest BCUT2D eigenvalue weighted by molar-refractivity contribution is 7.89. The number of aliphatic carboxylic acids is 1. The van der Waals surface area contributed by atoms with Crippen LogP contribution in [0.3, 0.4) is 0 Å². The topological polar surface area (TPSA) is 104 Å². The minimum absolute atomic E-state index is 0.0250. The molecule has 0 aliphatic carbocycles. The standard InChI is InChI=1S/C9H9ClFNO5S/c10-5-1-2-8(6(11)3-5)18(16,17)12-4-7(13)9(14)15/h1-3,7,12-13H,4H2,(H,14,15). The third-order valence-electron chi connectivity index (χ3n) is 1.94. The van der Waals surface area contributed by atoms with Crippen molar-refractivity contribution in [2.24, 2.45) is 0 Å². The van der Waals surface area contributed by atoms with E-state index in [1.807, 2.05) is 0 Å². The number of hydrogen-bond acceptors (Lipinski definition) is 4. The molecule has 0 aliphatic rings. The van der Waals surface area contributed by atoms with Gasteiger partial charge in [0.25, 0.3) is 0 Å². The Kier molecular flexibility index (Phi) is 4.63. The second kappa shape index (κ2) is 5.61. The quantitative estimate of drug-likeness (QED) is 0.720. The van der Waals surface area contributed by atoms with E-state index in [0.29, 0.717) is 0 Å². The molecular formula is C9H9ClFNO5S. The maximum Gasteiger partial charge on any atom is 0.333 e. The summed E-state index contributed by atoms with van der Waals surface area (Å²) in [7, 11) is -4.24. The Morgan fingerprint density at radius 2 is 2.11 bits per heavy atom. The molecule has 3 N–H and O–H groups in total. The van der Waals surface area contributed by atoms with Crippen molar-refractivity contribution in [2.45, 2.75) is 11.0 Å². The highest BCUT2D eigenvalue weighted by Gasteiger charge is 2.22. The third kappa shape index (κ3) is 3.64. The van der Waals surface area contributed by atoms with Crippen molar-refractivity contribution in [2.75, 3.05) is 6.54 Å². The molecule has 0 radical (unpaired) electrons. The van der Waals surface area contributed by atoms with Crippen molar-refractivity contribution < 1.29 is 27.8 Å². The Bertz CT molecular complexity index is 562. The predicted molar refractivity (Wildman–Crippen MR) is 60.2 cm³/mol. The fourth-order valence-corrected chi connectivity index (χ4v) is 2.30. The predicted octanol–water partition coefficient (Wildman–Crippen LogP) is 0.203. The van der Waals surface area contributed by atoms with Crippen molar-refractivity contribution in [3.8, 4) is 0 Å². The van der Waals surface area contributed by atoms with Crippen molar-refractivity contribution in [3.05, 3.63) is 29.0 Å². The molecule has 6 nitrogen and oxygen atoms in total. The molecule has 0 fully saturated rings. The third-order valence-corrected chi connectivity index (χ3v) is 3.63. The molecule has 0 bridgehead atoms. The van der Waals surface area contributed by atoms with E-state index in [0.717, 1.165) is 12.1 Å². The van der Waals surface area contributed by atoms with E-state index in [9.17, 15) is 17.6 Å². The number of benzene rings is 1. The van der Waals surface area contributed by atoms with Crippen molar-refractivity contribution in [1.82, 2.24) is 4.72 Å². The molecule has 0 saturated heterocycles. The molecule has 9 heteroatoms. The molecule has 0 spiro atoms. The van der Waals surface area contributed by atoms with E-state index in [1.165, 1.54) is 6.07 Å². The lowest BCUT2D eigenvalue weighted by Crippen LogP contribution is -2.36. The second-order valence-corrected chi connectivity index (χ2v) is 5.45. The van der Waals surface area contributed by atoms with E-state index in [-0.39, 0.29) is 5.02 Å². The van der Waals surface area contributed by atoms with Crippen LogP contribution >= 0.6 is 11.6 Å². The van der Waals surface area contributed by atoms with Gasteiger partial charge in [-0.1, -0.05) is 11.6 Å². The van der Waals surface area contributed by atoms with Gasteiger partial charge in [0.15, 0.2) is 6.10 Å². The van der Waals surface area contributed by atoms with Gasteiger partial charge < -0.3 is 10.2 Å². The first-order valence-electron chi connectivity index (χ1n) is 4.59. The lowest BCUT2D eigenvalue weighted by Gasteiger charge is -2.09. The highest BCUT2D eigenvalue weighted by Crippen LogP contribution is 2.18. The number of nitrogens with one attached hydrogen (secondary N) is 1. The van der Waals surface area contributed by atoms with Crippen molar-refractivity contribution in [3.63, 3.8) is 0 Å². The van der Waals surface area contributed by atoms with Crippen LogP contribution in [0.2, 0.25) is 5.02 Å². The molecule has 1 rings (SSSR count). The van der Waals surface area contributed by atoms with Gasteiger partial charge in [-0.05, 0) is 18.2 Å². The van der Waals surface area contributed by atoms with E-state index < -0.39 is 39.4 Å². The summed E-state index contributed by atoms with van der Waals surface area (Å²) in [4.78, 5) is 9.61. The summed E-state index contributed by atoms with van der Waals surface area (Å²) < 4.78 is 38.3. The molecule has 18 heavy (non-hydrogen) atoms. The summed E-state index contributed by atoms with van der Waals surface area (Å²) in [6.45, 7) is -0.764. The Balaban J connectivity index is 2.90. The van der Waals surface area contributed by atoms with Gasteiger partial charge in [-0.15, -0.1) is 0 Å². The monoisotopic (exact) mass is 297 g/mol. The number of aliphatic hydroxyl groups excluding tert-OH is 1. The zero-order valence-corrected chi connectivity index (χ0v) is 10.4. The van der Waals surface area contributed by atoms with E-state index in [1.54, 1.807) is 4.72 Å². The number of hydrogen-bond donors (Lipinski definition) is 3. The van der Waals surface area contributed by atoms with Crippen LogP contribution in [0, 0.1) is 5.82 Å². The summed E-state index contributed by atoms with van der Waals surface area (Å²) in [6.07, 6.45) is -1.91. The van der Waals surface area contributed by atoms with Gasteiger partial charge >= 0.3 is 5.97 Å². The van der Waals surface area contributed by atoms with E-state index >= 15 is 0 Å². The van der Waals surface area contributed by atoms with Crippen molar-refractivity contribution >= 4 is 27.6 Å². The number of carboxylic acid groups (broad SMARTS) is 1. The Hall–Kier alpha value is -1.22. The first-order valence-corrected chi connectivity index (χ1v) is 6.46. The van der Waals surface area contributed by atoms with Gasteiger partial charge in [0.2, 0.25) is 10.0 Å². The minimum atomic E-state index is -4.24. The number of carboxylic acids is 1. The van der Waals surface area contributed by atoms with Crippen LogP contribution in [0.25, 0.3) is 0 Å². The number of carbonyl (C=O) groups is 1.